The maximum atomic E-state index is 13.2. The Balaban J connectivity index is 2.03. The van der Waals surface area contributed by atoms with Gasteiger partial charge in [0.1, 0.15) is 22.5 Å². The summed E-state index contributed by atoms with van der Waals surface area (Å²) in [4.78, 5) is 26.7. The highest BCUT2D eigenvalue weighted by atomic mass is 79.9. The SMILES string of the molecule is CNC(=O)/C(C#N)=C1\S[C@@H](Cc2ccc(F)cc2)C(=O)N1c1ccc(Br)cc1. The van der Waals surface area contributed by atoms with E-state index in [2.05, 4.69) is 21.2 Å². The van der Waals surface area contributed by atoms with Crippen LogP contribution >= 0.6 is 27.7 Å². The molecule has 2 aromatic rings. The van der Waals surface area contributed by atoms with Crippen LogP contribution in [0.15, 0.2) is 63.6 Å². The van der Waals surface area contributed by atoms with Crippen LogP contribution in [0.1, 0.15) is 5.56 Å². The van der Waals surface area contributed by atoms with E-state index in [9.17, 15) is 19.2 Å². The second-order valence-corrected chi connectivity index (χ2v) is 8.07. The fourth-order valence-electron chi connectivity index (χ4n) is 2.77. The number of thioether (sulfide) groups is 1. The number of nitrogens with one attached hydrogen (secondary N) is 1. The van der Waals surface area contributed by atoms with Gasteiger partial charge in [-0.25, -0.2) is 4.39 Å². The molecule has 0 unspecified atom stereocenters. The molecule has 3 rings (SSSR count). The maximum Gasteiger partial charge on any atom is 0.264 e. The van der Waals surface area contributed by atoms with Crippen LogP contribution in [0.5, 0.6) is 0 Å². The highest BCUT2D eigenvalue weighted by Crippen LogP contribution is 2.42. The van der Waals surface area contributed by atoms with Crippen LogP contribution in [0.2, 0.25) is 0 Å². The van der Waals surface area contributed by atoms with Crippen molar-refractivity contribution in [1.29, 1.82) is 5.26 Å². The van der Waals surface area contributed by atoms with Crippen molar-refractivity contribution in [3.63, 3.8) is 0 Å². The van der Waals surface area contributed by atoms with Gasteiger partial charge in [-0.2, -0.15) is 5.26 Å². The van der Waals surface area contributed by atoms with E-state index < -0.39 is 11.2 Å². The normalized spacial score (nSPS) is 18.0. The first-order valence-corrected chi connectivity index (χ1v) is 9.99. The van der Waals surface area contributed by atoms with Gasteiger partial charge in [0.05, 0.1) is 5.25 Å². The van der Waals surface area contributed by atoms with Crippen LogP contribution in [-0.4, -0.2) is 24.1 Å². The standard InChI is InChI=1S/C20H15BrFN3O2S/c1-24-18(26)16(11-23)20-25(15-8-4-13(21)5-9-15)19(27)17(28-20)10-12-2-6-14(22)7-3-12/h2-9,17H,10H2,1H3,(H,24,26)/b20-16-/t17-/m0/s1. The number of benzene rings is 2. The number of hydrogen-bond donors (Lipinski definition) is 1. The van der Waals surface area contributed by atoms with E-state index in [0.717, 1.165) is 10.0 Å². The molecular formula is C20H15BrFN3O2S. The van der Waals surface area contributed by atoms with Gasteiger partial charge in [-0.3, -0.25) is 14.5 Å². The molecule has 1 atom stereocenters. The number of rotatable bonds is 4. The molecular weight excluding hydrogens is 445 g/mol. The Hall–Kier alpha value is -2.63. The van der Waals surface area contributed by atoms with Gasteiger partial charge < -0.3 is 5.32 Å². The molecule has 2 amide bonds. The summed E-state index contributed by atoms with van der Waals surface area (Å²) in [6, 6.07) is 14.9. The van der Waals surface area contributed by atoms with Crippen molar-refractivity contribution in [3.8, 4) is 6.07 Å². The molecule has 8 heteroatoms. The molecule has 0 radical (unpaired) electrons. The molecule has 1 fully saturated rings. The number of amides is 2. The summed E-state index contributed by atoms with van der Waals surface area (Å²) < 4.78 is 14.0. The average Bonchev–Trinajstić information content (AvgIpc) is 3.00. The number of hydrogen-bond acceptors (Lipinski definition) is 4. The molecule has 1 aliphatic rings. The summed E-state index contributed by atoms with van der Waals surface area (Å²) >= 11 is 4.52. The Kier molecular flexibility index (Phi) is 6.17. The summed E-state index contributed by atoms with van der Waals surface area (Å²) in [7, 11) is 1.43. The van der Waals surface area contributed by atoms with E-state index in [4.69, 9.17) is 0 Å². The summed E-state index contributed by atoms with van der Waals surface area (Å²) in [5, 5.41) is 11.7. The van der Waals surface area contributed by atoms with Gasteiger partial charge in [-0.05, 0) is 48.4 Å². The van der Waals surface area contributed by atoms with E-state index in [1.54, 1.807) is 36.4 Å². The number of anilines is 1. The second kappa shape index (κ2) is 8.59. The highest BCUT2D eigenvalue weighted by molar-refractivity contribution is 9.10. The predicted octanol–water partition coefficient (Wildman–Crippen LogP) is 3.76. The van der Waals surface area contributed by atoms with Crippen LogP contribution in [0.25, 0.3) is 0 Å². The number of nitriles is 1. The van der Waals surface area contributed by atoms with Crippen molar-refractivity contribution < 1.29 is 14.0 Å². The Morgan fingerprint density at radius 1 is 1.25 bits per heavy atom. The van der Waals surface area contributed by atoms with Crippen LogP contribution in [0.4, 0.5) is 10.1 Å². The fourth-order valence-corrected chi connectivity index (χ4v) is 4.34. The smallest absolute Gasteiger partial charge is 0.264 e. The molecule has 2 aromatic carbocycles. The number of halogens is 2. The number of carbonyl (C=O) groups is 2. The first-order chi connectivity index (χ1) is 13.4. The van der Waals surface area contributed by atoms with Gasteiger partial charge in [0.15, 0.2) is 0 Å². The molecule has 1 saturated heterocycles. The van der Waals surface area contributed by atoms with E-state index in [0.29, 0.717) is 17.1 Å². The molecule has 0 spiro atoms. The van der Waals surface area contributed by atoms with Gasteiger partial charge in [0, 0.05) is 17.2 Å². The topological polar surface area (TPSA) is 73.2 Å². The van der Waals surface area contributed by atoms with Crippen molar-refractivity contribution in [3.05, 3.63) is 75.0 Å². The van der Waals surface area contributed by atoms with Crippen molar-refractivity contribution in [1.82, 2.24) is 5.32 Å². The lowest BCUT2D eigenvalue weighted by atomic mass is 10.1. The first kappa shape index (κ1) is 20.1. The highest BCUT2D eigenvalue weighted by Gasteiger charge is 2.40. The molecule has 0 aliphatic carbocycles. The molecule has 5 nitrogen and oxygen atoms in total. The Morgan fingerprint density at radius 2 is 1.89 bits per heavy atom. The molecule has 1 heterocycles. The molecule has 1 aliphatic heterocycles. The second-order valence-electron chi connectivity index (χ2n) is 5.96. The molecule has 1 N–H and O–H groups in total. The van der Waals surface area contributed by atoms with Gasteiger partial charge >= 0.3 is 0 Å². The van der Waals surface area contributed by atoms with Gasteiger partial charge in [-0.15, -0.1) is 0 Å². The summed E-state index contributed by atoms with van der Waals surface area (Å²) in [5.41, 5.74) is 1.24. The minimum Gasteiger partial charge on any atom is -0.354 e. The van der Waals surface area contributed by atoms with E-state index in [-0.39, 0.29) is 17.3 Å². The zero-order valence-corrected chi connectivity index (χ0v) is 17.2. The molecule has 0 aromatic heterocycles. The zero-order chi connectivity index (χ0) is 20.3. The van der Waals surface area contributed by atoms with Crippen molar-refractivity contribution in [2.75, 3.05) is 11.9 Å². The summed E-state index contributed by atoms with van der Waals surface area (Å²) in [6.07, 6.45) is 0.354. The minimum absolute atomic E-state index is 0.120. The van der Waals surface area contributed by atoms with E-state index >= 15 is 0 Å². The van der Waals surface area contributed by atoms with Gasteiger partial charge in [0.2, 0.25) is 5.91 Å². The summed E-state index contributed by atoms with van der Waals surface area (Å²) in [6.45, 7) is 0. The van der Waals surface area contributed by atoms with Crippen molar-refractivity contribution >= 4 is 45.2 Å². The Morgan fingerprint density at radius 3 is 2.46 bits per heavy atom. The van der Waals surface area contributed by atoms with Crippen LogP contribution in [0, 0.1) is 17.1 Å². The average molecular weight is 460 g/mol. The fraction of sp³-hybridized carbons (Fsp3) is 0.150. The van der Waals surface area contributed by atoms with E-state index in [1.165, 1.54) is 35.8 Å². The third kappa shape index (κ3) is 4.11. The minimum atomic E-state index is -0.553. The molecule has 142 valence electrons. The third-order valence-corrected chi connectivity index (χ3v) is 5.94. The lowest BCUT2D eigenvalue weighted by Gasteiger charge is -2.18. The maximum absolute atomic E-state index is 13.2. The van der Waals surface area contributed by atoms with Crippen LogP contribution in [0.3, 0.4) is 0 Å². The lowest BCUT2D eigenvalue weighted by molar-refractivity contribution is -0.117. The van der Waals surface area contributed by atoms with Gasteiger partial charge in [-0.1, -0.05) is 39.8 Å². The van der Waals surface area contributed by atoms with E-state index in [1.807, 2.05) is 6.07 Å². The number of carbonyl (C=O) groups excluding carboxylic acids is 2. The quantitative estimate of drug-likeness (QED) is 0.557. The van der Waals surface area contributed by atoms with Crippen LogP contribution in [-0.2, 0) is 16.0 Å². The predicted molar refractivity (Wildman–Crippen MR) is 110 cm³/mol. The Bertz CT molecular complexity index is 984. The molecule has 28 heavy (non-hydrogen) atoms. The monoisotopic (exact) mass is 459 g/mol. The number of likely N-dealkylation sites (N-methyl/N-ethyl adjacent to an activating group) is 1. The largest absolute Gasteiger partial charge is 0.354 e. The third-order valence-electron chi connectivity index (χ3n) is 4.15. The van der Waals surface area contributed by atoms with Gasteiger partial charge in [0.25, 0.3) is 5.91 Å². The zero-order valence-electron chi connectivity index (χ0n) is 14.8. The first-order valence-electron chi connectivity index (χ1n) is 8.31. The molecule has 0 saturated carbocycles. The lowest BCUT2D eigenvalue weighted by Crippen LogP contribution is -2.31. The molecule has 0 bridgehead atoms. The summed E-state index contributed by atoms with van der Waals surface area (Å²) in [5.74, 6) is -1.14. The van der Waals surface area contributed by atoms with Crippen molar-refractivity contribution in [2.45, 2.75) is 11.7 Å². The van der Waals surface area contributed by atoms with Crippen LogP contribution < -0.4 is 10.2 Å². The number of nitrogens with zero attached hydrogens (tertiary/aromatic N) is 2. The Labute approximate surface area is 174 Å². The van der Waals surface area contributed by atoms with Crippen molar-refractivity contribution in [2.24, 2.45) is 0 Å².